The van der Waals surface area contributed by atoms with Crippen LogP contribution in [-0.2, 0) is 4.79 Å². The van der Waals surface area contributed by atoms with Gasteiger partial charge >= 0.3 is 0 Å². The summed E-state index contributed by atoms with van der Waals surface area (Å²) in [4.78, 5) is 21.1. The third kappa shape index (κ3) is 1.39. The molecule has 4 heteroatoms. The van der Waals surface area contributed by atoms with E-state index in [4.69, 9.17) is 0 Å². The number of aliphatic imine (C=N–C) groups is 2. The molecule has 0 radical (unpaired) electrons. The lowest BCUT2D eigenvalue weighted by Crippen LogP contribution is -2.23. The second-order valence-electron chi connectivity index (χ2n) is 4.38. The minimum atomic E-state index is -0.113. The van der Waals surface area contributed by atoms with Gasteiger partial charge in [0.15, 0.2) is 0 Å². The van der Waals surface area contributed by atoms with Crippen LogP contribution in [0.25, 0.3) is 0 Å². The van der Waals surface area contributed by atoms with Gasteiger partial charge in [-0.1, -0.05) is 18.7 Å². The molecule has 0 bridgehead atoms. The van der Waals surface area contributed by atoms with Crippen LogP contribution < -0.4 is 0 Å². The molecule has 0 saturated carbocycles. The van der Waals surface area contributed by atoms with Crippen LogP contribution in [0.3, 0.4) is 0 Å². The lowest BCUT2D eigenvalue weighted by molar-refractivity contribution is -0.118. The third-order valence-electron chi connectivity index (χ3n) is 3.23. The minimum Gasteiger partial charge on any atom is -0.271 e. The molecule has 0 N–H and O–H groups in total. The van der Waals surface area contributed by atoms with E-state index in [2.05, 4.69) is 16.9 Å². The van der Waals surface area contributed by atoms with Gasteiger partial charge in [-0.05, 0) is 35.7 Å². The standard InChI is InChI=1S/C11H12N2OS/c1-6-2-3-8-7(4-6)9-10(14)12-5-13-11(9)15-8/h5-6,9H,2-4H2,1H3. The predicted octanol–water partition coefficient (Wildman–Crippen LogP) is 2.39. The van der Waals surface area contributed by atoms with Gasteiger partial charge in [0, 0.05) is 0 Å². The number of amides is 1. The van der Waals surface area contributed by atoms with E-state index in [9.17, 15) is 4.79 Å². The van der Waals surface area contributed by atoms with Crippen molar-refractivity contribution in [3.63, 3.8) is 0 Å². The van der Waals surface area contributed by atoms with Crippen LogP contribution in [0.4, 0.5) is 0 Å². The molecule has 1 amide bonds. The second kappa shape index (κ2) is 3.30. The molecule has 78 valence electrons. The van der Waals surface area contributed by atoms with Crippen LogP contribution in [0.1, 0.15) is 26.2 Å². The Hall–Kier alpha value is -0.900. The van der Waals surface area contributed by atoms with E-state index >= 15 is 0 Å². The highest BCUT2D eigenvalue weighted by molar-refractivity contribution is 8.17. The molecule has 3 aliphatic rings. The zero-order valence-corrected chi connectivity index (χ0v) is 9.38. The normalized spacial score (nSPS) is 33.9. The Bertz CT molecular complexity index is 422. The third-order valence-corrected chi connectivity index (χ3v) is 4.49. The molecule has 1 aliphatic carbocycles. The smallest absolute Gasteiger partial charge is 0.261 e. The molecule has 3 nitrogen and oxygen atoms in total. The lowest BCUT2D eigenvalue weighted by Gasteiger charge is -2.21. The molecule has 0 saturated heterocycles. The second-order valence-corrected chi connectivity index (χ2v) is 5.50. The largest absolute Gasteiger partial charge is 0.271 e. The van der Waals surface area contributed by atoms with Crippen molar-refractivity contribution in [2.45, 2.75) is 26.2 Å². The fourth-order valence-corrected chi connectivity index (χ4v) is 3.70. The van der Waals surface area contributed by atoms with Gasteiger partial charge in [-0.2, -0.15) is 0 Å². The summed E-state index contributed by atoms with van der Waals surface area (Å²) in [6.45, 7) is 2.25. The van der Waals surface area contributed by atoms with Gasteiger partial charge in [0.1, 0.15) is 12.3 Å². The molecule has 0 spiro atoms. The van der Waals surface area contributed by atoms with Crippen molar-refractivity contribution in [3.8, 4) is 0 Å². The number of fused-ring (bicyclic) bond motifs is 2. The fraction of sp³-hybridized carbons (Fsp3) is 0.545. The minimum absolute atomic E-state index is 0.0217. The van der Waals surface area contributed by atoms with Crippen molar-refractivity contribution in [2.24, 2.45) is 21.8 Å². The molecule has 15 heavy (non-hydrogen) atoms. The summed E-state index contributed by atoms with van der Waals surface area (Å²) in [5.41, 5.74) is 1.30. The first-order valence-corrected chi connectivity index (χ1v) is 6.11. The summed E-state index contributed by atoms with van der Waals surface area (Å²) < 4.78 is 0. The van der Waals surface area contributed by atoms with Crippen molar-refractivity contribution in [1.29, 1.82) is 0 Å². The molecule has 2 unspecified atom stereocenters. The van der Waals surface area contributed by atoms with Crippen LogP contribution in [0, 0.1) is 11.8 Å². The monoisotopic (exact) mass is 220 g/mol. The SMILES string of the molecule is CC1CCC2=C(C1)C1C(=O)N=CN=C1S2. The highest BCUT2D eigenvalue weighted by Gasteiger charge is 2.40. The van der Waals surface area contributed by atoms with Crippen molar-refractivity contribution in [1.82, 2.24) is 0 Å². The summed E-state index contributed by atoms with van der Waals surface area (Å²) in [5, 5.41) is 0.953. The van der Waals surface area contributed by atoms with Crippen molar-refractivity contribution < 1.29 is 4.79 Å². The number of thioether (sulfide) groups is 1. The number of carbonyl (C=O) groups is 1. The maximum atomic E-state index is 11.7. The van der Waals surface area contributed by atoms with Gasteiger partial charge in [-0.25, -0.2) is 9.98 Å². The first-order valence-electron chi connectivity index (χ1n) is 5.29. The maximum Gasteiger partial charge on any atom is 0.261 e. The summed E-state index contributed by atoms with van der Waals surface area (Å²) in [7, 11) is 0. The van der Waals surface area contributed by atoms with Crippen LogP contribution in [0.15, 0.2) is 20.5 Å². The summed E-state index contributed by atoms with van der Waals surface area (Å²) in [6, 6.07) is 0. The Morgan fingerprint density at radius 2 is 2.40 bits per heavy atom. The zero-order chi connectivity index (χ0) is 10.4. The summed E-state index contributed by atoms with van der Waals surface area (Å²) in [5.74, 6) is 0.562. The Kier molecular flexibility index (Phi) is 2.06. The molecular formula is C11H12N2OS. The number of nitrogens with zero attached hydrogens (tertiary/aromatic N) is 2. The van der Waals surface area contributed by atoms with Crippen LogP contribution in [-0.4, -0.2) is 17.3 Å². The van der Waals surface area contributed by atoms with Crippen molar-refractivity contribution in [2.75, 3.05) is 0 Å². The van der Waals surface area contributed by atoms with E-state index in [-0.39, 0.29) is 11.8 Å². The maximum absolute atomic E-state index is 11.7. The van der Waals surface area contributed by atoms with Gasteiger partial charge in [0.2, 0.25) is 0 Å². The molecule has 3 rings (SSSR count). The Labute approximate surface area is 92.8 Å². The topological polar surface area (TPSA) is 41.8 Å². The molecule has 2 atom stereocenters. The first kappa shape index (κ1) is 9.33. The number of allylic oxidation sites excluding steroid dienone is 1. The number of carbonyl (C=O) groups excluding carboxylic acids is 1. The number of rotatable bonds is 0. The van der Waals surface area contributed by atoms with Gasteiger partial charge in [-0.15, -0.1) is 0 Å². The molecule has 2 aliphatic heterocycles. The molecule has 0 aromatic rings. The number of hydrogen-bond donors (Lipinski definition) is 0. The van der Waals surface area contributed by atoms with E-state index in [1.165, 1.54) is 23.2 Å². The predicted molar refractivity (Wildman–Crippen MR) is 62.1 cm³/mol. The van der Waals surface area contributed by atoms with E-state index in [0.717, 1.165) is 17.9 Å². The van der Waals surface area contributed by atoms with Gasteiger partial charge < -0.3 is 0 Å². The van der Waals surface area contributed by atoms with E-state index in [1.54, 1.807) is 11.8 Å². The first-order chi connectivity index (χ1) is 7.25. The Balaban J connectivity index is 2.00. The summed E-state index contributed by atoms with van der Waals surface area (Å²) >= 11 is 1.70. The summed E-state index contributed by atoms with van der Waals surface area (Å²) in [6.07, 6.45) is 4.79. The molecule has 0 fully saturated rings. The quantitative estimate of drug-likeness (QED) is 0.629. The average Bonchev–Trinajstić information content (AvgIpc) is 2.57. The molecule has 0 aromatic heterocycles. The van der Waals surface area contributed by atoms with Crippen LogP contribution in [0.5, 0.6) is 0 Å². The van der Waals surface area contributed by atoms with Crippen LogP contribution >= 0.6 is 11.8 Å². The van der Waals surface area contributed by atoms with Gasteiger partial charge in [0.25, 0.3) is 5.91 Å². The Morgan fingerprint density at radius 3 is 3.27 bits per heavy atom. The highest BCUT2D eigenvalue weighted by Crippen LogP contribution is 2.48. The lowest BCUT2D eigenvalue weighted by atomic mass is 9.83. The Morgan fingerprint density at radius 1 is 1.53 bits per heavy atom. The van der Waals surface area contributed by atoms with Crippen molar-refractivity contribution in [3.05, 3.63) is 10.5 Å². The van der Waals surface area contributed by atoms with E-state index in [0.29, 0.717) is 5.92 Å². The fourth-order valence-electron chi connectivity index (χ4n) is 2.43. The average molecular weight is 220 g/mol. The molecule has 0 aromatic carbocycles. The molecular weight excluding hydrogens is 208 g/mol. The van der Waals surface area contributed by atoms with E-state index < -0.39 is 0 Å². The number of hydrogen-bond acceptors (Lipinski definition) is 3. The highest BCUT2D eigenvalue weighted by atomic mass is 32.2. The van der Waals surface area contributed by atoms with Gasteiger partial charge in [-0.3, -0.25) is 4.79 Å². The van der Waals surface area contributed by atoms with Crippen LogP contribution in [0.2, 0.25) is 0 Å². The van der Waals surface area contributed by atoms with Gasteiger partial charge in [0.05, 0.1) is 5.04 Å². The zero-order valence-electron chi connectivity index (χ0n) is 8.56. The van der Waals surface area contributed by atoms with E-state index in [1.807, 2.05) is 0 Å². The molecule has 2 heterocycles. The van der Waals surface area contributed by atoms with Crippen molar-refractivity contribution >= 4 is 29.1 Å².